The summed E-state index contributed by atoms with van der Waals surface area (Å²) < 4.78 is 0.876. The number of amides is 2. The summed E-state index contributed by atoms with van der Waals surface area (Å²) in [5.41, 5.74) is 0. The molecule has 1 aliphatic heterocycles. The second-order valence-corrected chi connectivity index (χ2v) is 5.51. The first-order chi connectivity index (χ1) is 8.65. The molecular weight excluding hydrogens is 298 g/mol. The first-order valence-electron chi connectivity index (χ1n) is 5.89. The van der Waals surface area contributed by atoms with E-state index in [9.17, 15) is 9.59 Å². The molecule has 1 unspecified atom stereocenters. The second-order valence-electron chi connectivity index (χ2n) is 4.60. The Kier molecular flexibility index (Phi) is 2.81. The van der Waals surface area contributed by atoms with Gasteiger partial charge in [-0.25, -0.2) is 4.98 Å². The highest BCUT2D eigenvalue weighted by atomic mass is 79.9. The summed E-state index contributed by atoms with van der Waals surface area (Å²) in [6.45, 7) is 0. The van der Waals surface area contributed by atoms with Crippen molar-refractivity contribution in [3.63, 3.8) is 0 Å². The Morgan fingerprint density at radius 3 is 2.72 bits per heavy atom. The largest absolute Gasteiger partial charge is 0.358 e. The quantitative estimate of drug-likeness (QED) is 0.861. The van der Waals surface area contributed by atoms with Crippen molar-refractivity contribution in [2.24, 2.45) is 0 Å². The molecule has 18 heavy (non-hydrogen) atoms. The molecule has 2 aliphatic rings. The molecule has 2 fully saturated rings. The van der Waals surface area contributed by atoms with Gasteiger partial charge >= 0.3 is 0 Å². The summed E-state index contributed by atoms with van der Waals surface area (Å²) in [6.07, 6.45) is 3.77. The first kappa shape index (κ1) is 11.6. The average molecular weight is 310 g/mol. The van der Waals surface area contributed by atoms with E-state index in [1.165, 1.54) is 4.90 Å². The van der Waals surface area contributed by atoms with Gasteiger partial charge in [0.1, 0.15) is 11.9 Å². The fourth-order valence-electron chi connectivity index (χ4n) is 2.12. The zero-order chi connectivity index (χ0) is 12.7. The summed E-state index contributed by atoms with van der Waals surface area (Å²) in [4.78, 5) is 29.4. The highest BCUT2D eigenvalue weighted by Gasteiger charge is 2.46. The summed E-state index contributed by atoms with van der Waals surface area (Å²) in [7, 11) is 0. The van der Waals surface area contributed by atoms with Gasteiger partial charge in [0.25, 0.3) is 5.91 Å². The van der Waals surface area contributed by atoms with Crippen LogP contribution in [0.1, 0.15) is 19.3 Å². The summed E-state index contributed by atoms with van der Waals surface area (Å²) >= 11 is 3.30. The van der Waals surface area contributed by atoms with Gasteiger partial charge < -0.3 is 5.32 Å². The van der Waals surface area contributed by atoms with Crippen LogP contribution >= 0.6 is 15.9 Å². The van der Waals surface area contributed by atoms with Gasteiger partial charge in [-0.3, -0.25) is 14.5 Å². The third-order valence-corrected chi connectivity index (χ3v) is 3.61. The molecule has 5 nitrogen and oxygen atoms in total. The van der Waals surface area contributed by atoms with E-state index in [0.717, 1.165) is 17.3 Å². The number of hydrogen-bond acceptors (Lipinski definition) is 4. The molecule has 6 heteroatoms. The topological polar surface area (TPSA) is 62.3 Å². The van der Waals surface area contributed by atoms with Crippen molar-refractivity contribution in [2.45, 2.75) is 31.3 Å². The Morgan fingerprint density at radius 2 is 2.11 bits per heavy atom. The van der Waals surface area contributed by atoms with E-state index >= 15 is 0 Å². The van der Waals surface area contributed by atoms with E-state index in [0.29, 0.717) is 5.82 Å². The Hall–Kier alpha value is -1.43. The van der Waals surface area contributed by atoms with Crippen LogP contribution in [-0.4, -0.2) is 33.8 Å². The number of pyridine rings is 1. The normalized spacial score (nSPS) is 23.6. The summed E-state index contributed by atoms with van der Waals surface area (Å²) in [5, 5.41) is 3.02. The lowest BCUT2D eigenvalue weighted by atomic mass is 10.2. The minimum Gasteiger partial charge on any atom is -0.358 e. The van der Waals surface area contributed by atoms with Crippen LogP contribution in [0, 0.1) is 0 Å². The van der Waals surface area contributed by atoms with Gasteiger partial charge in [0.15, 0.2) is 0 Å². The van der Waals surface area contributed by atoms with Crippen LogP contribution in [0.3, 0.4) is 0 Å². The number of rotatable bonds is 3. The zero-order valence-corrected chi connectivity index (χ0v) is 11.2. The van der Waals surface area contributed by atoms with Crippen LogP contribution in [0.4, 0.5) is 5.82 Å². The molecule has 3 rings (SSSR count). The summed E-state index contributed by atoms with van der Waals surface area (Å²) in [5.74, 6) is 0.423. The van der Waals surface area contributed by atoms with Gasteiger partial charge in [0, 0.05) is 16.7 Å². The van der Waals surface area contributed by atoms with Crippen molar-refractivity contribution in [3.8, 4) is 0 Å². The van der Waals surface area contributed by atoms with Crippen LogP contribution < -0.4 is 5.32 Å². The van der Waals surface area contributed by atoms with E-state index in [1.54, 1.807) is 12.3 Å². The van der Waals surface area contributed by atoms with Crippen molar-refractivity contribution in [2.75, 3.05) is 5.32 Å². The number of halogens is 1. The Labute approximate surface area is 113 Å². The Bertz CT molecular complexity index is 499. The molecule has 94 valence electrons. The highest BCUT2D eigenvalue weighted by Crippen LogP contribution is 2.32. The SMILES string of the molecule is O=C1CC(Nc2ccc(Br)cn2)C(=O)N1C1CC1. The van der Waals surface area contributed by atoms with Gasteiger partial charge in [0.2, 0.25) is 5.91 Å². The van der Waals surface area contributed by atoms with Crippen molar-refractivity contribution >= 4 is 33.6 Å². The lowest BCUT2D eigenvalue weighted by molar-refractivity contribution is -0.139. The van der Waals surface area contributed by atoms with E-state index in [1.807, 2.05) is 6.07 Å². The number of nitrogens with one attached hydrogen (secondary N) is 1. The molecule has 0 spiro atoms. The van der Waals surface area contributed by atoms with Gasteiger partial charge in [-0.15, -0.1) is 0 Å². The van der Waals surface area contributed by atoms with Crippen LogP contribution in [0.2, 0.25) is 0 Å². The minimum atomic E-state index is -0.466. The molecule has 1 atom stereocenters. The van der Waals surface area contributed by atoms with Gasteiger partial charge in [-0.05, 0) is 40.9 Å². The molecule has 1 N–H and O–H groups in total. The molecule has 1 aromatic rings. The molecule has 0 radical (unpaired) electrons. The van der Waals surface area contributed by atoms with Crippen LogP contribution in [0.5, 0.6) is 0 Å². The number of carbonyl (C=O) groups is 2. The molecule has 1 saturated carbocycles. The van der Waals surface area contributed by atoms with Crippen LogP contribution in [0.15, 0.2) is 22.8 Å². The van der Waals surface area contributed by atoms with Crippen molar-refractivity contribution < 1.29 is 9.59 Å². The van der Waals surface area contributed by atoms with Crippen molar-refractivity contribution in [1.82, 2.24) is 9.88 Å². The molecular formula is C12H12BrN3O2. The predicted octanol–water partition coefficient (Wildman–Crippen LogP) is 1.55. The van der Waals surface area contributed by atoms with Gasteiger partial charge in [-0.2, -0.15) is 0 Å². The maximum atomic E-state index is 12.1. The van der Waals surface area contributed by atoms with Gasteiger partial charge in [0.05, 0.1) is 6.42 Å². The van der Waals surface area contributed by atoms with Crippen molar-refractivity contribution in [1.29, 1.82) is 0 Å². The predicted molar refractivity (Wildman–Crippen MR) is 68.8 cm³/mol. The fourth-order valence-corrected chi connectivity index (χ4v) is 2.35. The third-order valence-electron chi connectivity index (χ3n) is 3.14. The van der Waals surface area contributed by atoms with Crippen LogP contribution in [0.25, 0.3) is 0 Å². The molecule has 2 amide bonds. The number of aromatic nitrogens is 1. The molecule has 1 saturated heterocycles. The monoisotopic (exact) mass is 309 g/mol. The number of hydrogen-bond donors (Lipinski definition) is 1. The Balaban J connectivity index is 1.72. The molecule has 1 aliphatic carbocycles. The molecule has 1 aromatic heterocycles. The summed E-state index contributed by atoms with van der Waals surface area (Å²) in [6, 6.07) is 3.30. The number of likely N-dealkylation sites (tertiary alicyclic amines) is 1. The number of nitrogens with zero attached hydrogens (tertiary/aromatic N) is 2. The Morgan fingerprint density at radius 1 is 1.33 bits per heavy atom. The highest BCUT2D eigenvalue weighted by molar-refractivity contribution is 9.10. The standard InChI is InChI=1S/C12H12BrN3O2/c13-7-1-4-10(14-6-7)15-9-5-11(17)16(12(9)18)8-2-3-8/h1,4,6,8-9H,2-3,5H2,(H,14,15). The van der Waals surface area contributed by atoms with E-state index < -0.39 is 6.04 Å². The lowest BCUT2D eigenvalue weighted by Gasteiger charge is -2.14. The maximum absolute atomic E-state index is 12.1. The lowest BCUT2D eigenvalue weighted by Crippen LogP contribution is -2.36. The fraction of sp³-hybridized carbons (Fsp3) is 0.417. The van der Waals surface area contributed by atoms with E-state index in [-0.39, 0.29) is 24.3 Å². The number of anilines is 1. The third kappa shape index (κ3) is 2.12. The van der Waals surface area contributed by atoms with Gasteiger partial charge in [-0.1, -0.05) is 0 Å². The number of imide groups is 1. The van der Waals surface area contributed by atoms with Crippen LogP contribution in [-0.2, 0) is 9.59 Å². The van der Waals surface area contributed by atoms with Crippen molar-refractivity contribution in [3.05, 3.63) is 22.8 Å². The minimum absolute atomic E-state index is 0.0721. The maximum Gasteiger partial charge on any atom is 0.252 e. The first-order valence-corrected chi connectivity index (χ1v) is 6.68. The zero-order valence-electron chi connectivity index (χ0n) is 9.60. The molecule has 0 bridgehead atoms. The van der Waals surface area contributed by atoms with E-state index in [2.05, 4.69) is 26.2 Å². The van der Waals surface area contributed by atoms with E-state index in [4.69, 9.17) is 0 Å². The number of carbonyl (C=O) groups excluding carboxylic acids is 2. The second kappa shape index (κ2) is 4.35. The average Bonchev–Trinajstić information content (AvgIpc) is 3.12. The smallest absolute Gasteiger partial charge is 0.252 e. The molecule has 0 aromatic carbocycles. The molecule has 2 heterocycles.